The van der Waals surface area contributed by atoms with Gasteiger partial charge in [0.05, 0.1) is 17.8 Å². The summed E-state index contributed by atoms with van der Waals surface area (Å²) in [6.45, 7) is 0.711. The minimum atomic E-state index is -0.0510. The minimum absolute atomic E-state index is 0.0510. The van der Waals surface area contributed by atoms with E-state index in [0.29, 0.717) is 12.1 Å². The number of nitrogens with zero attached hydrogens (tertiary/aromatic N) is 2. The highest BCUT2D eigenvalue weighted by molar-refractivity contribution is 5.78. The zero-order valence-electron chi connectivity index (χ0n) is 11.0. The average molecular weight is 265 g/mol. The van der Waals surface area contributed by atoms with Crippen LogP contribution in [0.3, 0.4) is 0 Å². The van der Waals surface area contributed by atoms with Crippen LogP contribution in [0, 0.1) is 0 Å². The Morgan fingerprint density at radius 2 is 1.90 bits per heavy atom. The zero-order valence-corrected chi connectivity index (χ0v) is 11.0. The number of pyridine rings is 2. The molecule has 4 heteroatoms. The zero-order chi connectivity index (χ0) is 13.9. The first-order chi connectivity index (χ1) is 9.78. The topological polar surface area (TPSA) is 60.9 Å². The SMILES string of the molecule is NCc1cccn(Cc2ccc3ccccc3n2)c1=O. The quantitative estimate of drug-likeness (QED) is 0.786. The molecule has 2 heterocycles. The number of rotatable bonds is 3. The summed E-state index contributed by atoms with van der Waals surface area (Å²) in [5.74, 6) is 0. The Morgan fingerprint density at radius 3 is 2.75 bits per heavy atom. The molecule has 0 aliphatic rings. The fourth-order valence-corrected chi connectivity index (χ4v) is 2.24. The number of nitrogens with two attached hydrogens (primary N) is 1. The third-order valence-electron chi connectivity index (χ3n) is 3.31. The summed E-state index contributed by atoms with van der Waals surface area (Å²) in [5, 5.41) is 1.10. The molecule has 0 spiro atoms. The molecule has 2 N–H and O–H groups in total. The lowest BCUT2D eigenvalue weighted by atomic mass is 10.2. The molecule has 3 aromatic rings. The van der Waals surface area contributed by atoms with Crippen LogP contribution in [-0.2, 0) is 13.1 Å². The highest BCUT2D eigenvalue weighted by atomic mass is 16.1. The molecule has 2 aromatic heterocycles. The van der Waals surface area contributed by atoms with Crippen LogP contribution < -0.4 is 11.3 Å². The Balaban J connectivity index is 1.99. The van der Waals surface area contributed by atoms with Crippen LogP contribution in [0.5, 0.6) is 0 Å². The monoisotopic (exact) mass is 265 g/mol. The molecule has 0 bridgehead atoms. The van der Waals surface area contributed by atoms with E-state index < -0.39 is 0 Å². The molecule has 0 saturated carbocycles. The summed E-state index contributed by atoms with van der Waals surface area (Å²) in [7, 11) is 0. The summed E-state index contributed by atoms with van der Waals surface area (Å²) >= 11 is 0. The molecule has 3 rings (SSSR count). The van der Waals surface area contributed by atoms with Gasteiger partial charge >= 0.3 is 0 Å². The predicted molar refractivity (Wildman–Crippen MR) is 79.4 cm³/mol. The van der Waals surface area contributed by atoms with Crippen molar-refractivity contribution in [3.05, 3.63) is 76.3 Å². The number of benzene rings is 1. The van der Waals surface area contributed by atoms with Gasteiger partial charge in [0.25, 0.3) is 5.56 Å². The van der Waals surface area contributed by atoms with Crippen LogP contribution in [0.1, 0.15) is 11.3 Å². The molecule has 1 aromatic carbocycles. The van der Waals surface area contributed by atoms with Gasteiger partial charge in [-0.2, -0.15) is 0 Å². The van der Waals surface area contributed by atoms with Gasteiger partial charge in [-0.25, -0.2) is 0 Å². The van der Waals surface area contributed by atoms with Crippen LogP contribution in [0.25, 0.3) is 10.9 Å². The average Bonchev–Trinajstić information content (AvgIpc) is 2.49. The van der Waals surface area contributed by atoms with Crippen LogP contribution in [0.2, 0.25) is 0 Å². The Labute approximate surface area is 116 Å². The largest absolute Gasteiger partial charge is 0.326 e. The fraction of sp³-hybridized carbons (Fsp3) is 0.125. The molecule has 0 atom stereocenters. The lowest BCUT2D eigenvalue weighted by Crippen LogP contribution is -2.25. The van der Waals surface area contributed by atoms with Crippen LogP contribution >= 0.6 is 0 Å². The van der Waals surface area contributed by atoms with Crippen molar-refractivity contribution in [3.63, 3.8) is 0 Å². The molecule has 0 fully saturated rings. The van der Waals surface area contributed by atoms with Gasteiger partial charge in [0.2, 0.25) is 0 Å². The highest BCUT2D eigenvalue weighted by Crippen LogP contribution is 2.12. The molecular weight excluding hydrogens is 250 g/mol. The van der Waals surface area contributed by atoms with Crippen molar-refractivity contribution in [2.45, 2.75) is 13.1 Å². The van der Waals surface area contributed by atoms with E-state index >= 15 is 0 Å². The fourth-order valence-electron chi connectivity index (χ4n) is 2.24. The van der Waals surface area contributed by atoms with E-state index in [2.05, 4.69) is 4.98 Å². The summed E-state index contributed by atoms with van der Waals surface area (Å²) in [4.78, 5) is 16.7. The molecule has 100 valence electrons. The minimum Gasteiger partial charge on any atom is -0.326 e. The third-order valence-corrected chi connectivity index (χ3v) is 3.31. The van der Waals surface area contributed by atoms with Crippen LogP contribution in [0.4, 0.5) is 0 Å². The standard InChI is InChI=1S/C16H15N3O/c17-10-13-5-3-9-19(16(13)20)11-14-8-7-12-4-1-2-6-15(12)18-14/h1-9H,10-11,17H2. The van der Waals surface area contributed by atoms with Gasteiger partial charge in [-0.15, -0.1) is 0 Å². The van der Waals surface area contributed by atoms with Crippen molar-refractivity contribution < 1.29 is 0 Å². The van der Waals surface area contributed by atoms with Gasteiger partial charge in [0, 0.05) is 23.7 Å². The second-order valence-electron chi connectivity index (χ2n) is 4.67. The summed E-state index contributed by atoms with van der Waals surface area (Å²) < 4.78 is 1.64. The second kappa shape index (κ2) is 5.27. The third kappa shape index (κ3) is 2.33. The molecule has 0 amide bonds. The first-order valence-electron chi connectivity index (χ1n) is 6.51. The second-order valence-corrected chi connectivity index (χ2v) is 4.67. The van der Waals surface area contributed by atoms with Crippen molar-refractivity contribution in [1.82, 2.24) is 9.55 Å². The van der Waals surface area contributed by atoms with Crippen molar-refractivity contribution in [1.29, 1.82) is 0 Å². The van der Waals surface area contributed by atoms with Gasteiger partial charge in [0.1, 0.15) is 0 Å². The Bertz CT molecular complexity index is 808. The first kappa shape index (κ1) is 12.6. The molecule has 0 aliphatic carbocycles. The molecule has 0 unspecified atom stereocenters. The number of fused-ring (bicyclic) bond motifs is 1. The van der Waals surface area contributed by atoms with Crippen LogP contribution in [-0.4, -0.2) is 9.55 Å². The Morgan fingerprint density at radius 1 is 1.05 bits per heavy atom. The Kier molecular flexibility index (Phi) is 3.31. The van der Waals surface area contributed by atoms with Gasteiger partial charge in [-0.05, 0) is 18.2 Å². The number of hydrogen-bond donors (Lipinski definition) is 1. The maximum Gasteiger partial charge on any atom is 0.255 e. The molecule has 0 saturated heterocycles. The summed E-state index contributed by atoms with van der Waals surface area (Å²) in [5.41, 5.74) is 7.93. The molecule has 4 nitrogen and oxygen atoms in total. The normalized spacial score (nSPS) is 10.8. The van der Waals surface area contributed by atoms with E-state index in [4.69, 9.17) is 5.73 Å². The maximum absolute atomic E-state index is 12.1. The lowest BCUT2D eigenvalue weighted by molar-refractivity contribution is 0.729. The summed E-state index contributed by atoms with van der Waals surface area (Å²) in [6.07, 6.45) is 1.76. The maximum atomic E-state index is 12.1. The van der Waals surface area contributed by atoms with Crippen molar-refractivity contribution in [2.24, 2.45) is 5.73 Å². The van der Waals surface area contributed by atoms with Gasteiger partial charge in [0.15, 0.2) is 0 Å². The number of hydrogen-bond acceptors (Lipinski definition) is 3. The van der Waals surface area contributed by atoms with Crippen molar-refractivity contribution in [2.75, 3.05) is 0 Å². The number of aromatic nitrogens is 2. The first-order valence-corrected chi connectivity index (χ1v) is 6.51. The van der Waals surface area contributed by atoms with Crippen molar-refractivity contribution in [3.8, 4) is 0 Å². The Hall–Kier alpha value is -2.46. The molecular formula is C16H15N3O. The van der Waals surface area contributed by atoms with E-state index in [1.165, 1.54) is 0 Å². The van der Waals surface area contributed by atoms with E-state index in [1.807, 2.05) is 42.5 Å². The van der Waals surface area contributed by atoms with E-state index in [0.717, 1.165) is 16.6 Å². The van der Waals surface area contributed by atoms with Crippen molar-refractivity contribution >= 4 is 10.9 Å². The molecule has 20 heavy (non-hydrogen) atoms. The van der Waals surface area contributed by atoms with Gasteiger partial charge < -0.3 is 10.3 Å². The molecule has 0 radical (unpaired) electrons. The van der Waals surface area contributed by atoms with E-state index in [-0.39, 0.29) is 12.1 Å². The van der Waals surface area contributed by atoms with Gasteiger partial charge in [-0.1, -0.05) is 30.3 Å². The van der Waals surface area contributed by atoms with E-state index in [9.17, 15) is 4.79 Å². The van der Waals surface area contributed by atoms with Crippen LogP contribution in [0.15, 0.2) is 59.5 Å². The smallest absolute Gasteiger partial charge is 0.255 e. The molecule has 0 aliphatic heterocycles. The number of para-hydroxylation sites is 1. The lowest BCUT2D eigenvalue weighted by Gasteiger charge is -2.07. The van der Waals surface area contributed by atoms with Gasteiger partial charge in [-0.3, -0.25) is 9.78 Å². The summed E-state index contributed by atoms with van der Waals surface area (Å²) in [6, 6.07) is 15.5. The highest BCUT2D eigenvalue weighted by Gasteiger charge is 2.04. The predicted octanol–water partition coefficient (Wildman–Crippen LogP) is 1.90. The van der Waals surface area contributed by atoms with E-state index in [1.54, 1.807) is 16.8 Å².